The molecule has 0 amide bonds. The first-order valence-electron chi connectivity index (χ1n) is 5.23. The second-order valence-electron chi connectivity index (χ2n) is 3.80. The second kappa shape index (κ2) is 5.37. The number of rotatable bonds is 3. The Morgan fingerprint density at radius 3 is 2.76 bits per heavy atom. The SMILES string of the molecule is CNC(c1ccn(C)n1)c1cc(Cl)ccc1I. The highest BCUT2D eigenvalue weighted by molar-refractivity contribution is 14.1. The summed E-state index contributed by atoms with van der Waals surface area (Å²) < 4.78 is 2.98. The Morgan fingerprint density at radius 2 is 2.18 bits per heavy atom. The first kappa shape index (κ1) is 12.9. The van der Waals surface area contributed by atoms with Crippen LogP contribution in [0.15, 0.2) is 30.5 Å². The molecule has 0 fully saturated rings. The summed E-state index contributed by atoms with van der Waals surface area (Å²) in [6, 6.07) is 7.99. The summed E-state index contributed by atoms with van der Waals surface area (Å²) in [6.07, 6.45) is 1.94. The summed E-state index contributed by atoms with van der Waals surface area (Å²) in [5.74, 6) is 0. The van der Waals surface area contributed by atoms with E-state index in [1.54, 1.807) is 4.68 Å². The maximum Gasteiger partial charge on any atom is 0.0839 e. The minimum absolute atomic E-state index is 0.0711. The third kappa shape index (κ3) is 2.81. The lowest BCUT2D eigenvalue weighted by Gasteiger charge is -2.16. The Kier molecular flexibility index (Phi) is 4.06. The predicted molar refractivity (Wildman–Crippen MR) is 78.3 cm³/mol. The summed E-state index contributed by atoms with van der Waals surface area (Å²) >= 11 is 8.37. The van der Waals surface area contributed by atoms with Gasteiger partial charge in [0.1, 0.15) is 0 Å². The van der Waals surface area contributed by atoms with Crippen LogP contribution in [0.5, 0.6) is 0 Å². The van der Waals surface area contributed by atoms with E-state index < -0.39 is 0 Å². The van der Waals surface area contributed by atoms with Gasteiger partial charge in [-0.15, -0.1) is 0 Å². The molecule has 1 aromatic carbocycles. The van der Waals surface area contributed by atoms with E-state index in [-0.39, 0.29) is 6.04 Å². The van der Waals surface area contributed by atoms with Gasteiger partial charge >= 0.3 is 0 Å². The molecule has 17 heavy (non-hydrogen) atoms. The van der Waals surface area contributed by atoms with Crippen molar-refractivity contribution in [2.75, 3.05) is 7.05 Å². The van der Waals surface area contributed by atoms with E-state index in [1.807, 2.05) is 44.6 Å². The average Bonchev–Trinajstić information content (AvgIpc) is 2.71. The van der Waals surface area contributed by atoms with E-state index in [2.05, 4.69) is 33.0 Å². The first-order chi connectivity index (χ1) is 8.11. The number of benzene rings is 1. The normalized spacial score (nSPS) is 12.7. The molecular formula is C12H13ClIN3. The molecule has 0 radical (unpaired) electrons. The molecule has 2 aromatic rings. The largest absolute Gasteiger partial charge is 0.308 e. The van der Waals surface area contributed by atoms with E-state index in [0.29, 0.717) is 0 Å². The van der Waals surface area contributed by atoms with Crippen LogP contribution in [-0.2, 0) is 7.05 Å². The molecule has 1 aromatic heterocycles. The van der Waals surface area contributed by atoms with Gasteiger partial charge in [0.2, 0.25) is 0 Å². The lowest BCUT2D eigenvalue weighted by Crippen LogP contribution is -2.19. The Hall–Kier alpha value is -0.590. The molecular weight excluding hydrogens is 349 g/mol. The Bertz CT molecular complexity index is 524. The van der Waals surface area contributed by atoms with Gasteiger partial charge in [0.25, 0.3) is 0 Å². The Labute approximate surface area is 119 Å². The van der Waals surface area contributed by atoms with Crippen LogP contribution >= 0.6 is 34.2 Å². The maximum absolute atomic E-state index is 6.05. The van der Waals surface area contributed by atoms with Crippen molar-refractivity contribution in [1.29, 1.82) is 0 Å². The van der Waals surface area contributed by atoms with Crippen molar-refractivity contribution in [2.24, 2.45) is 7.05 Å². The van der Waals surface area contributed by atoms with Crippen molar-refractivity contribution in [1.82, 2.24) is 15.1 Å². The Balaban J connectivity index is 2.45. The topological polar surface area (TPSA) is 29.9 Å². The molecule has 3 nitrogen and oxygen atoms in total. The maximum atomic E-state index is 6.05. The van der Waals surface area contributed by atoms with Gasteiger partial charge in [-0.25, -0.2) is 0 Å². The van der Waals surface area contributed by atoms with Crippen molar-refractivity contribution >= 4 is 34.2 Å². The first-order valence-corrected chi connectivity index (χ1v) is 6.69. The molecule has 90 valence electrons. The smallest absolute Gasteiger partial charge is 0.0839 e. The highest BCUT2D eigenvalue weighted by Crippen LogP contribution is 2.27. The summed E-state index contributed by atoms with van der Waals surface area (Å²) in [4.78, 5) is 0. The second-order valence-corrected chi connectivity index (χ2v) is 5.40. The number of hydrogen-bond donors (Lipinski definition) is 1. The molecule has 0 bridgehead atoms. The Morgan fingerprint density at radius 1 is 1.41 bits per heavy atom. The molecule has 0 saturated heterocycles. The standard InChI is InChI=1S/C12H13ClIN3/c1-15-12(11-5-6-17(2)16-11)9-7-8(13)3-4-10(9)14/h3-7,12,15H,1-2H3. The molecule has 1 heterocycles. The van der Waals surface area contributed by atoms with E-state index in [1.165, 1.54) is 3.57 Å². The summed E-state index contributed by atoms with van der Waals surface area (Å²) in [5, 5.41) is 8.46. The van der Waals surface area contributed by atoms with E-state index in [0.717, 1.165) is 16.3 Å². The summed E-state index contributed by atoms with van der Waals surface area (Å²) in [6.45, 7) is 0. The number of nitrogens with zero attached hydrogens (tertiary/aromatic N) is 2. The summed E-state index contributed by atoms with van der Waals surface area (Å²) in [7, 11) is 3.84. The molecule has 1 N–H and O–H groups in total. The van der Waals surface area contributed by atoms with Gasteiger partial charge in [-0.3, -0.25) is 4.68 Å². The molecule has 2 rings (SSSR count). The third-order valence-corrected chi connectivity index (χ3v) is 3.81. The van der Waals surface area contributed by atoms with Gasteiger partial charge in [-0.05, 0) is 59.5 Å². The zero-order valence-electron chi connectivity index (χ0n) is 9.61. The number of aryl methyl sites for hydroxylation is 1. The van der Waals surface area contributed by atoms with Gasteiger partial charge in [0.05, 0.1) is 11.7 Å². The van der Waals surface area contributed by atoms with Crippen molar-refractivity contribution in [3.63, 3.8) is 0 Å². The predicted octanol–water partition coefficient (Wildman–Crippen LogP) is 2.99. The average molecular weight is 362 g/mol. The summed E-state index contributed by atoms with van der Waals surface area (Å²) in [5.41, 5.74) is 2.15. The minimum Gasteiger partial charge on any atom is -0.308 e. The molecule has 0 aliphatic heterocycles. The van der Waals surface area contributed by atoms with Crippen LogP contribution in [0.2, 0.25) is 5.02 Å². The van der Waals surface area contributed by atoms with E-state index >= 15 is 0 Å². The lowest BCUT2D eigenvalue weighted by molar-refractivity contribution is 0.640. The van der Waals surface area contributed by atoms with Crippen LogP contribution in [0, 0.1) is 3.57 Å². The number of hydrogen-bond acceptors (Lipinski definition) is 2. The van der Waals surface area contributed by atoms with Gasteiger partial charge in [-0.1, -0.05) is 11.6 Å². The van der Waals surface area contributed by atoms with Crippen LogP contribution in [0.3, 0.4) is 0 Å². The highest BCUT2D eigenvalue weighted by Gasteiger charge is 2.17. The fraction of sp³-hybridized carbons (Fsp3) is 0.250. The van der Waals surface area contributed by atoms with Crippen LogP contribution < -0.4 is 5.32 Å². The molecule has 0 aliphatic rings. The van der Waals surface area contributed by atoms with Gasteiger partial charge in [0.15, 0.2) is 0 Å². The highest BCUT2D eigenvalue weighted by atomic mass is 127. The molecule has 5 heteroatoms. The fourth-order valence-corrected chi connectivity index (χ4v) is 2.61. The van der Waals surface area contributed by atoms with Crippen LogP contribution in [0.1, 0.15) is 17.3 Å². The van der Waals surface area contributed by atoms with Gasteiger partial charge in [-0.2, -0.15) is 5.10 Å². The molecule has 0 aliphatic carbocycles. The molecule has 0 spiro atoms. The van der Waals surface area contributed by atoms with Crippen LogP contribution in [0.25, 0.3) is 0 Å². The van der Waals surface area contributed by atoms with Crippen LogP contribution in [-0.4, -0.2) is 16.8 Å². The van der Waals surface area contributed by atoms with Crippen molar-refractivity contribution < 1.29 is 0 Å². The van der Waals surface area contributed by atoms with Crippen molar-refractivity contribution in [3.05, 3.63) is 50.3 Å². The van der Waals surface area contributed by atoms with Crippen molar-refractivity contribution in [2.45, 2.75) is 6.04 Å². The number of halogens is 2. The number of nitrogens with one attached hydrogen (secondary N) is 1. The van der Waals surface area contributed by atoms with E-state index in [4.69, 9.17) is 11.6 Å². The zero-order valence-corrected chi connectivity index (χ0v) is 12.5. The monoisotopic (exact) mass is 361 g/mol. The molecule has 0 saturated carbocycles. The van der Waals surface area contributed by atoms with Gasteiger partial charge < -0.3 is 5.32 Å². The van der Waals surface area contributed by atoms with Crippen molar-refractivity contribution in [3.8, 4) is 0 Å². The van der Waals surface area contributed by atoms with Crippen LogP contribution in [0.4, 0.5) is 0 Å². The fourth-order valence-electron chi connectivity index (χ4n) is 1.79. The quantitative estimate of drug-likeness (QED) is 0.852. The third-order valence-electron chi connectivity index (χ3n) is 2.59. The number of aromatic nitrogens is 2. The molecule has 1 atom stereocenters. The zero-order chi connectivity index (χ0) is 12.4. The van der Waals surface area contributed by atoms with E-state index in [9.17, 15) is 0 Å². The molecule has 1 unspecified atom stereocenters. The van der Waals surface area contributed by atoms with Gasteiger partial charge in [0, 0.05) is 21.8 Å². The minimum atomic E-state index is 0.0711. The lowest BCUT2D eigenvalue weighted by atomic mass is 10.0.